The van der Waals surface area contributed by atoms with Crippen molar-refractivity contribution in [3.8, 4) is 0 Å². The predicted octanol–water partition coefficient (Wildman–Crippen LogP) is 5.51. The highest BCUT2D eigenvalue weighted by atomic mass is 35.5. The van der Waals surface area contributed by atoms with Crippen molar-refractivity contribution in [3.63, 3.8) is 0 Å². The Bertz CT molecular complexity index is 1350. The number of sulfonamides is 1. The highest BCUT2D eigenvalue weighted by molar-refractivity contribution is 7.90. The number of aliphatic hydroxyl groups is 1. The third-order valence-electron chi connectivity index (χ3n) is 7.42. The second kappa shape index (κ2) is 12.5. The highest BCUT2D eigenvalue weighted by Crippen LogP contribution is 2.38. The molecule has 4 rings (SSSR count). The molecular formula is C29H36ClN3O4S. The van der Waals surface area contributed by atoms with Crippen LogP contribution in [0, 0.1) is 12.8 Å². The SMILES string of the molecule is CCCCc1nc(Cl)c(CO)n1Cc1ccc(C2CCCCC2C(=O)NS(=O)(=O)c2ccc(C)cc2)cc1. The Balaban J connectivity index is 1.50. The minimum Gasteiger partial charge on any atom is -0.390 e. The van der Waals surface area contributed by atoms with Gasteiger partial charge >= 0.3 is 0 Å². The summed E-state index contributed by atoms with van der Waals surface area (Å²) in [6.45, 7) is 4.37. The highest BCUT2D eigenvalue weighted by Gasteiger charge is 2.34. The Labute approximate surface area is 230 Å². The summed E-state index contributed by atoms with van der Waals surface area (Å²) in [6, 6.07) is 14.6. The molecule has 0 aliphatic heterocycles. The number of amides is 1. The van der Waals surface area contributed by atoms with Crippen molar-refractivity contribution in [2.24, 2.45) is 5.92 Å². The monoisotopic (exact) mass is 557 g/mol. The van der Waals surface area contributed by atoms with E-state index >= 15 is 0 Å². The predicted molar refractivity (Wildman–Crippen MR) is 149 cm³/mol. The van der Waals surface area contributed by atoms with E-state index in [1.165, 1.54) is 12.1 Å². The van der Waals surface area contributed by atoms with Crippen LogP contribution in [0.25, 0.3) is 0 Å². The third-order valence-corrected chi connectivity index (χ3v) is 9.09. The summed E-state index contributed by atoms with van der Waals surface area (Å²) >= 11 is 6.29. The number of unbranched alkanes of at least 4 members (excludes halogenated alkanes) is 1. The van der Waals surface area contributed by atoms with Crippen LogP contribution in [0.5, 0.6) is 0 Å². The molecule has 9 heteroatoms. The van der Waals surface area contributed by atoms with Gasteiger partial charge in [0.25, 0.3) is 10.0 Å². The van der Waals surface area contributed by atoms with E-state index in [4.69, 9.17) is 11.6 Å². The van der Waals surface area contributed by atoms with E-state index in [2.05, 4.69) is 16.6 Å². The molecule has 1 fully saturated rings. The topological polar surface area (TPSA) is 101 Å². The summed E-state index contributed by atoms with van der Waals surface area (Å²) in [4.78, 5) is 17.8. The molecule has 38 heavy (non-hydrogen) atoms. The van der Waals surface area contributed by atoms with Crippen LogP contribution >= 0.6 is 11.6 Å². The van der Waals surface area contributed by atoms with E-state index < -0.39 is 21.8 Å². The number of hydrogen-bond donors (Lipinski definition) is 2. The Morgan fingerprint density at radius 3 is 2.45 bits per heavy atom. The number of benzene rings is 2. The first-order chi connectivity index (χ1) is 18.2. The number of hydrogen-bond acceptors (Lipinski definition) is 5. The van der Waals surface area contributed by atoms with Crippen molar-refractivity contribution in [1.29, 1.82) is 0 Å². The van der Waals surface area contributed by atoms with Gasteiger partial charge in [0, 0.05) is 18.9 Å². The second-order valence-electron chi connectivity index (χ2n) is 10.1. The molecule has 1 saturated carbocycles. The number of nitrogens with one attached hydrogen (secondary N) is 1. The molecule has 0 radical (unpaired) electrons. The summed E-state index contributed by atoms with van der Waals surface area (Å²) in [5.41, 5.74) is 3.63. The van der Waals surface area contributed by atoms with Gasteiger partial charge in [0.05, 0.1) is 17.2 Å². The number of aryl methyl sites for hydroxylation is 2. The Kier molecular flexibility index (Phi) is 9.28. The largest absolute Gasteiger partial charge is 0.390 e. The first-order valence-electron chi connectivity index (χ1n) is 13.3. The lowest BCUT2D eigenvalue weighted by atomic mass is 9.75. The van der Waals surface area contributed by atoms with Gasteiger partial charge in [0.15, 0.2) is 5.15 Å². The Hall–Kier alpha value is -2.68. The zero-order valence-electron chi connectivity index (χ0n) is 22.0. The van der Waals surface area contributed by atoms with E-state index in [1.54, 1.807) is 12.1 Å². The Morgan fingerprint density at radius 2 is 1.79 bits per heavy atom. The average molecular weight is 558 g/mol. The van der Waals surface area contributed by atoms with Gasteiger partial charge in [0.1, 0.15) is 5.82 Å². The third kappa shape index (κ3) is 6.47. The fourth-order valence-corrected chi connectivity index (χ4v) is 6.54. The molecule has 204 valence electrons. The molecule has 0 bridgehead atoms. The Morgan fingerprint density at radius 1 is 1.11 bits per heavy atom. The van der Waals surface area contributed by atoms with E-state index in [9.17, 15) is 18.3 Å². The summed E-state index contributed by atoms with van der Waals surface area (Å²) in [7, 11) is -3.93. The van der Waals surface area contributed by atoms with Gasteiger partial charge in [-0.05, 0) is 55.4 Å². The number of carbonyl (C=O) groups excluding carboxylic acids is 1. The molecule has 1 amide bonds. The number of imidazole rings is 1. The van der Waals surface area contributed by atoms with E-state index in [0.717, 1.165) is 61.0 Å². The summed E-state index contributed by atoms with van der Waals surface area (Å²) in [6.07, 6.45) is 6.18. The number of nitrogens with zero attached hydrogens (tertiary/aromatic N) is 2. The van der Waals surface area contributed by atoms with E-state index in [-0.39, 0.29) is 17.4 Å². The van der Waals surface area contributed by atoms with Crippen molar-refractivity contribution in [2.45, 2.75) is 82.8 Å². The number of halogens is 1. The minimum absolute atomic E-state index is 0.0539. The summed E-state index contributed by atoms with van der Waals surface area (Å²) in [5.74, 6) is -0.0462. The molecule has 0 spiro atoms. The molecule has 1 aromatic heterocycles. The molecule has 2 N–H and O–H groups in total. The van der Waals surface area contributed by atoms with Crippen LogP contribution in [0.3, 0.4) is 0 Å². The summed E-state index contributed by atoms with van der Waals surface area (Å²) < 4.78 is 30.0. The maximum atomic E-state index is 13.2. The molecular weight excluding hydrogens is 522 g/mol. The normalized spacial score (nSPS) is 17.9. The number of rotatable bonds is 10. The van der Waals surface area contributed by atoms with Crippen LogP contribution in [0.4, 0.5) is 0 Å². The number of aromatic nitrogens is 2. The first-order valence-corrected chi connectivity index (χ1v) is 15.2. The molecule has 2 atom stereocenters. The molecule has 2 unspecified atom stereocenters. The average Bonchev–Trinajstić information content (AvgIpc) is 3.21. The molecule has 1 heterocycles. The zero-order valence-corrected chi connectivity index (χ0v) is 23.6. The smallest absolute Gasteiger partial charge is 0.264 e. The van der Waals surface area contributed by atoms with E-state index in [1.807, 2.05) is 35.8 Å². The van der Waals surface area contributed by atoms with Gasteiger partial charge < -0.3 is 9.67 Å². The van der Waals surface area contributed by atoms with Crippen molar-refractivity contribution in [2.75, 3.05) is 0 Å². The lowest BCUT2D eigenvalue weighted by molar-refractivity contribution is -0.124. The molecule has 3 aromatic rings. The molecule has 7 nitrogen and oxygen atoms in total. The van der Waals surface area contributed by atoms with Gasteiger partial charge in [-0.25, -0.2) is 18.1 Å². The number of carbonyl (C=O) groups is 1. The van der Waals surface area contributed by atoms with Gasteiger partial charge in [-0.2, -0.15) is 0 Å². The lowest BCUT2D eigenvalue weighted by Crippen LogP contribution is -2.39. The second-order valence-corrected chi connectivity index (χ2v) is 12.2. The maximum absolute atomic E-state index is 13.2. The van der Waals surface area contributed by atoms with Crippen LogP contribution in [0.2, 0.25) is 5.15 Å². The van der Waals surface area contributed by atoms with Crippen LogP contribution in [0.1, 0.15) is 79.6 Å². The fourth-order valence-electron chi connectivity index (χ4n) is 5.25. The molecule has 1 aliphatic carbocycles. The van der Waals surface area contributed by atoms with Crippen molar-refractivity contribution < 1.29 is 18.3 Å². The zero-order chi connectivity index (χ0) is 27.3. The van der Waals surface area contributed by atoms with Gasteiger partial charge in [-0.3, -0.25) is 4.79 Å². The van der Waals surface area contributed by atoms with Crippen LogP contribution in [0.15, 0.2) is 53.4 Å². The fraction of sp³-hybridized carbons (Fsp3) is 0.448. The van der Waals surface area contributed by atoms with E-state index in [0.29, 0.717) is 23.8 Å². The molecule has 2 aromatic carbocycles. The molecule has 0 saturated heterocycles. The summed E-state index contributed by atoms with van der Waals surface area (Å²) in [5, 5.41) is 10.2. The standard InChI is InChI=1S/C29H36ClN3O4S/c1-3-4-9-27-31-28(30)26(19-34)33(27)18-21-12-14-22(15-13-21)24-7-5-6-8-25(24)29(35)32-38(36,37)23-16-10-20(2)11-17-23/h10-17,24-25,34H,3-9,18-19H2,1-2H3,(H,32,35). The maximum Gasteiger partial charge on any atom is 0.264 e. The quantitative estimate of drug-likeness (QED) is 0.342. The van der Waals surface area contributed by atoms with Gasteiger partial charge in [-0.15, -0.1) is 0 Å². The van der Waals surface area contributed by atoms with Gasteiger partial charge in [-0.1, -0.05) is 79.7 Å². The lowest BCUT2D eigenvalue weighted by Gasteiger charge is -2.31. The van der Waals surface area contributed by atoms with Crippen LogP contribution in [-0.4, -0.2) is 29.0 Å². The molecule has 1 aliphatic rings. The van der Waals surface area contributed by atoms with Gasteiger partial charge in [0.2, 0.25) is 5.91 Å². The van der Waals surface area contributed by atoms with Crippen molar-refractivity contribution in [3.05, 3.63) is 81.9 Å². The minimum atomic E-state index is -3.93. The van der Waals surface area contributed by atoms with Crippen molar-refractivity contribution in [1.82, 2.24) is 14.3 Å². The number of aliphatic hydroxyl groups excluding tert-OH is 1. The first kappa shape index (κ1) is 28.3. The van der Waals surface area contributed by atoms with Crippen molar-refractivity contribution >= 4 is 27.5 Å². The van der Waals surface area contributed by atoms with Crippen LogP contribution in [-0.2, 0) is 34.4 Å². The van der Waals surface area contributed by atoms with Crippen LogP contribution < -0.4 is 4.72 Å².